The van der Waals surface area contributed by atoms with Gasteiger partial charge in [0.15, 0.2) is 5.78 Å². The molecule has 0 aliphatic rings. The Morgan fingerprint density at radius 3 is 2.32 bits per heavy atom. The van der Waals surface area contributed by atoms with Gasteiger partial charge in [0.2, 0.25) is 5.91 Å². The van der Waals surface area contributed by atoms with E-state index in [0.29, 0.717) is 17.0 Å². The number of carbonyl (C=O) groups is 2. The van der Waals surface area contributed by atoms with Gasteiger partial charge in [-0.2, -0.15) is 0 Å². The van der Waals surface area contributed by atoms with Crippen molar-refractivity contribution in [3.8, 4) is 0 Å². The first-order valence-corrected chi connectivity index (χ1v) is 7.61. The SMILES string of the molecule is CCC(=O)NC(CC(=O)c1ccccc1)c1ccccc1Cl. The Hall–Kier alpha value is -2.13. The van der Waals surface area contributed by atoms with Crippen LogP contribution in [0.3, 0.4) is 0 Å². The highest BCUT2D eigenvalue weighted by Gasteiger charge is 2.20. The Bertz CT molecular complexity index is 655. The standard InChI is InChI=1S/C18H18ClNO2/c1-2-18(22)20-16(14-10-6-7-11-15(14)19)12-17(21)13-8-4-3-5-9-13/h3-11,16H,2,12H2,1H3,(H,20,22). The van der Waals surface area contributed by atoms with E-state index in [2.05, 4.69) is 5.32 Å². The molecule has 0 saturated carbocycles. The average molecular weight is 316 g/mol. The van der Waals surface area contributed by atoms with Gasteiger partial charge in [0.05, 0.1) is 6.04 Å². The van der Waals surface area contributed by atoms with Gasteiger partial charge in [0, 0.05) is 23.4 Å². The molecule has 0 heterocycles. The summed E-state index contributed by atoms with van der Waals surface area (Å²) in [5.74, 6) is -0.132. The number of nitrogens with one attached hydrogen (secondary N) is 1. The largest absolute Gasteiger partial charge is 0.349 e. The molecule has 22 heavy (non-hydrogen) atoms. The molecule has 0 spiro atoms. The molecule has 0 radical (unpaired) electrons. The van der Waals surface area contributed by atoms with Crippen molar-refractivity contribution in [2.24, 2.45) is 0 Å². The average Bonchev–Trinajstić information content (AvgIpc) is 2.55. The van der Waals surface area contributed by atoms with Crippen LogP contribution in [0, 0.1) is 0 Å². The van der Waals surface area contributed by atoms with Crippen molar-refractivity contribution in [1.29, 1.82) is 0 Å². The van der Waals surface area contributed by atoms with E-state index in [1.165, 1.54) is 0 Å². The summed E-state index contributed by atoms with van der Waals surface area (Å²) < 4.78 is 0. The fourth-order valence-electron chi connectivity index (χ4n) is 2.22. The van der Waals surface area contributed by atoms with Gasteiger partial charge < -0.3 is 5.32 Å². The Morgan fingerprint density at radius 2 is 1.68 bits per heavy atom. The third kappa shape index (κ3) is 4.18. The predicted octanol–water partition coefficient (Wildman–Crippen LogP) is 4.18. The second-order valence-electron chi connectivity index (χ2n) is 4.99. The van der Waals surface area contributed by atoms with Crippen LogP contribution in [0.15, 0.2) is 54.6 Å². The number of hydrogen-bond acceptors (Lipinski definition) is 2. The van der Waals surface area contributed by atoms with Gasteiger partial charge in [0.1, 0.15) is 0 Å². The molecule has 114 valence electrons. The van der Waals surface area contributed by atoms with Crippen LogP contribution in [0.25, 0.3) is 0 Å². The summed E-state index contributed by atoms with van der Waals surface area (Å²) in [7, 11) is 0. The topological polar surface area (TPSA) is 46.2 Å². The molecule has 1 N–H and O–H groups in total. The molecule has 0 saturated heterocycles. The maximum absolute atomic E-state index is 12.4. The summed E-state index contributed by atoms with van der Waals surface area (Å²) in [4.78, 5) is 24.2. The quantitative estimate of drug-likeness (QED) is 0.813. The van der Waals surface area contributed by atoms with Gasteiger partial charge >= 0.3 is 0 Å². The first kappa shape index (κ1) is 16.2. The lowest BCUT2D eigenvalue weighted by molar-refractivity contribution is -0.121. The van der Waals surface area contributed by atoms with Crippen LogP contribution in [-0.4, -0.2) is 11.7 Å². The van der Waals surface area contributed by atoms with Crippen LogP contribution < -0.4 is 5.32 Å². The normalized spacial score (nSPS) is 11.7. The Morgan fingerprint density at radius 1 is 1.05 bits per heavy atom. The maximum atomic E-state index is 12.4. The van der Waals surface area contributed by atoms with Crippen LogP contribution in [0.2, 0.25) is 5.02 Å². The molecule has 2 aromatic carbocycles. The number of benzene rings is 2. The Labute approximate surface area is 135 Å². The number of amides is 1. The number of carbonyl (C=O) groups excluding carboxylic acids is 2. The highest BCUT2D eigenvalue weighted by atomic mass is 35.5. The lowest BCUT2D eigenvalue weighted by Gasteiger charge is -2.19. The molecule has 1 unspecified atom stereocenters. The summed E-state index contributed by atoms with van der Waals surface area (Å²) in [5, 5.41) is 3.43. The van der Waals surface area contributed by atoms with E-state index in [0.717, 1.165) is 5.56 Å². The maximum Gasteiger partial charge on any atom is 0.220 e. The first-order chi connectivity index (χ1) is 10.6. The minimum Gasteiger partial charge on any atom is -0.349 e. The van der Waals surface area contributed by atoms with Crippen molar-refractivity contribution >= 4 is 23.3 Å². The summed E-state index contributed by atoms with van der Waals surface area (Å²) >= 11 is 6.21. The first-order valence-electron chi connectivity index (χ1n) is 7.24. The van der Waals surface area contributed by atoms with Crippen LogP contribution in [0.5, 0.6) is 0 Å². The summed E-state index contributed by atoms with van der Waals surface area (Å²) in [6.45, 7) is 1.78. The summed E-state index contributed by atoms with van der Waals surface area (Å²) in [5.41, 5.74) is 1.39. The fraction of sp³-hybridized carbons (Fsp3) is 0.222. The molecular weight excluding hydrogens is 298 g/mol. The second kappa shape index (κ2) is 7.76. The van der Waals surface area contributed by atoms with E-state index >= 15 is 0 Å². The van der Waals surface area contributed by atoms with Gasteiger partial charge in [-0.25, -0.2) is 0 Å². The smallest absolute Gasteiger partial charge is 0.220 e. The van der Waals surface area contributed by atoms with E-state index in [9.17, 15) is 9.59 Å². The second-order valence-corrected chi connectivity index (χ2v) is 5.40. The molecule has 0 bridgehead atoms. The lowest BCUT2D eigenvalue weighted by atomic mass is 9.97. The van der Waals surface area contributed by atoms with Crippen molar-refractivity contribution in [3.05, 3.63) is 70.7 Å². The molecule has 0 aliphatic carbocycles. The zero-order valence-corrected chi connectivity index (χ0v) is 13.1. The van der Waals surface area contributed by atoms with Gasteiger partial charge in [0.25, 0.3) is 0 Å². The molecule has 4 heteroatoms. The zero-order valence-electron chi connectivity index (χ0n) is 12.4. The summed E-state index contributed by atoms with van der Waals surface area (Å²) in [6, 6.07) is 15.9. The third-order valence-corrected chi connectivity index (χ3v) is 3.77. The predicted molar refractivity (Wildman–Crippen MR) is 88.0 cm³/mol. The van der Waals surface area contributed by atoms with Crippen LogP contribution >= 0.6 is 11.6 Å². The number of Topliss-reactive ketones (excluding diaryl/α,β-unsaturated/α-hetero) is 1. The van der Waals surface area contributed by atoms with Crippen molar-refractivity contribution in [1.82, 2.24) is 5.32 Å². The van der Waals surface area contributed by atoms with Crippen molar-refractivity contribution < 1.29 is 9.59 Å². The molecule has 0 aromatic heterocycles. The van der Waals surface area contributed by atoms with Crippen molar-refractivity contribution in [2.45, 2.75) is 25.8 Å². The molecule has 0 aliphatic heterocycles. The molecule has 1 atom stereocenters. The Kier molecular flexibility index (Phi) is 5.73. The minimum atomic E-state index is -0.422. The lowest BCUT2D eigenvalue weighted by Crippen LogP contribution is -2.29. The van der Waals surface area contributed by atoms with Crippen LogP contribution in [-0.2, 0) is 4.79 Å². The number of rotatable bonds is 6. The highest BCUT2D eigenvalue weighted by molar-refractivity contribution is 6.31. The molecule has 3 nitrogen and oxygen atoms in total. The molecular formula is C18H18ClNO2. The summed E-state index contributed by atoms with van der Waals surface area (Å²) in [6.07, 6.45) is 0.542. The van der Waals surface area contributed by atoms with E-state index < -0.39 is 6.04 Å². The van der Waals surface area contributed by atoms with Crippen molar-refractivity contribution in [3.63, 3.8) is 0 Å². The number of halogens is 1. The van der Waals surface area contributed by atoms with Crippen LogP contribution in [0.1, 0.15) is 41.7 Å². The van der Waals surface area contributed by atoms with E-state index in [1.54, 1.807) is 25.1 Å². The van der Waals surface area contributed by atoms with Crippen LogP contribution in [0.4, 0.5) is 0 Å². The van der Waals surface area contributed by atoms with E-state index in [-0.39, 0.29) is 18.1 Å². The number of hydrogen-bond donors (Lipinski definition) is 1. The Balaban J connectivity index is 2.23. The zero-order chi connectivity index (χ0) is 15.9. The van der Waals surface area contributed by atoms with E-state index in [1.807, 2.05) is 36.4 Å². The fourth-order valence-corrected chi connectivity index (χ4v) is 2.49. The minimum absolute atomic E-state index is 0.0260. The molecule has 2 rings (SSSR count). The van der Waals surface area contributed by atoms with Gasteiger partial charge in [-0.1, -0.05) is 67.1 Å². The van der Waals surface area contributed by atoms with E-state index in [4.69, 9.17) is 11.6 Å². The molecule has 1 amide bonds. The number of ketones is 1. The molecule has 0 fully saturated rings. The van der Waals surface area contributed by atoms with Gasteiger partial charge in [-0.15, -0.1) is 0 Å². The molecule has 2 aromatic rings. The van der Waals surface area contributed by atoms with Gasteiger partial charge in [-0.3, -0.25) is 9.59 Å². The third-order valence-electron chi connectivity index (χ3n) is 3.42. The van der Waals surface area contributed by atoms with Gasteiger partial charge in [-0.05, 0) is 11.6 Å². The highest BCUT2D eigenvalue weighted by Crippen LogP contribution is 2.26. The monoisotopic (exact) mass is 315 g/mol. The van der Waals surface area contributed by atoms with Crippen molar-refractivity contribution in [2.75, 3.05) is 0 Å².